The van der Waals surface area contributed by atoms with Crippen LogP contribution in [0.4, 0.5) is 16.2 Å². The first-order valence-corrected chi connectivity index (χ1v) is 11.1. The van der Waals surface area contributed by atoms with Gasteiger partial charge in [-0.3, -0.25) is 4.98 Å². The lowest BCUT2D eigenvalue weighted by molar-refractivity contribution is 0.208. The van der Waals surface area contributed by atoms with Crippen LogP contribution in [-0.2, 0) is 0 Å². The van der Waals surface area contributed by atoms with Crippen LogP contribution in [0.15, 0.2) is 53.7 Å². The van der Waals surface area contributed by atoms with E-state index < -0.39 is 4.33 Å². The predicted octanol–water partition coefficient (Wildman–Crippen LogP) is 4.72. The highest BCUT2D eigenvalue weighted by Gasteiger charge is 2.51. The van der Waals surface area contributed by atoms with E-state index in [4.69, 9.17) is 23.2 Å². The van der Waals surface area contributed by atoms with E-state index in [0.29, 0.717) is 19.0 Å². The van der Waals surface area contributed by atoms with Crippen molar-refractivity contribution < 1.29 is 4.79 Å². The van der Waals surface area contributed by atoms with Crippen LogP contribution in [0.2, 0.25) is 0 Å². The number of nitrogens with zero attached hydrogens (tertiary/aromatic N) is 3. The molecule has 5 nitrogen and oxygen atoms in total. The molecule has 2 aromatic rings. The minimum atomic E-state index is -0.570. The summed E-state index contributed by atoms with van der Waals surface area (Å²) >= 11 is 13.9. The molecule has 1 saturated carbocycles. The number of pyridine rings is 1. The van der Waals surface area contributed by atoms with E-state index in [1.807, 2.05) is 41.3 Å². The van der Waals surface area contributed by atoms with Gasteiger partial charge in [0.2, 0.25) is 0 Å². The zero-order chi connectivity index (χ0) is 19.6. The van der Waals surface area contributed by atoms with E-state index in [0.717, 1.165) is 41.5 Å². The molecule has 2 aliphatic rings. The second-order valence-electron chi connectivity index (χ2n) is 7.08. The molecule has 28 heavy (non-hydrogen) atoms. The summed E-state index contributed by atoms with van der Waals surface area (Å²) in [6, 6.07) is 11.8. The normalized spacial score (nSPS) is 20.7. The standard InChI is InChI=1S/C20H22Cl2N4OS/c21-20(22)13-15(20)14-28-18-4-2-1-3-17(18)24-19(27)26-11-9-25(10-12-26)16-5-7-23-8-6-16/h1-8,15H,9-14H2,(H,24,27). The van der Waals surface area contributed by atoms with E-state index in [1.54, 1.807) is 24.2 Å². The van der Waals surface area contributed by atoms with Gasteiger partial charge in [-0.15, -0.1) is 35.0 Å². The van der Waals surface area contributed by atoms with Crippen molar-refractivity contribution in [1.82, 2.24) is 9.88 Å². The first-order valence-electron chi connectivity index (χ1n) is 9.33. The third-order valence-corrected chi connectivity index (χ3v) is 7.28. The molecule has 1 saturated heterocycles. The maximum Gasteiger partial charge on any atom is 0.321 e. The summed E-state index contributed by atoms with van der Waals surface area (Å²) in [6.45, 7) is 2.99. The fourth-order valence-electron chi connectivity index (χ4n) is 3.25. The van der Waals surface area contributed by atoms with Gasteiger partial charge in [-0.05, 0) is 30.7 Å². The molecule has 0 bridgehead atoms. The molecule has 1 atom stereocenters. The molecule has 1 aliphatic heterocycles. The quantitative estimate of drug-likeness (QED) is 0.543. The monoisotopic (exact) mass is 436 g/mol. The number of rotatable bonds is 5. The van der Waals surface area contributed by atoms with Crippen molar-refractivity contribution in [2.75, 3.05) is 42.1 Å². The molecule has 148 valence electrons. The minimum absolute atomic E-state index is 0.0575. The van der Waals surface area contributed by atoms with Crippen molar-refractivity contribution in [1.29, 1.82) is 0 Å². The number of alkyl halides is 2. The smallest absolute Gasteiger partial charge is 0.321 e. The highest BCUT2D eigenvalue weighted by Crippen LogP contribution is 2.55. The first kappa shape index (κ1) is 19.7. The van der Waals surface area contributed by atoms with Crippen LogP contribution in [0.1, 0.15) is 6.42 Å². The number of amides is 2. The second kappa shape index (κ2) is 8.39. The van der Waals surface area contributed by atoms with Crippen LogP contribution in [0, 0.1) is 5.92 Å². The number of hydrogen-bond donors (Lipinski definition) is 1. The Kier molecular flexibility index (Phi) is 5.90. The van der Waals surface area contributed by atoms with Gasteiger partial charge >= 0.3 is 6.03 Å². The van der Waals surface area contributed by atoms with Crippen LogP contribution in [0.3, 0.4) is 0 Å². The van der Waals surface area contributed by atoms with Gasteiger partial charge in [0, 0.05) is 60.8 Å². The number of carbonyl (C=O) groups excluding carboxylic acids is 1. The van der Waals surface area contributed by atoms with Gasteiger partial charge in [0.05, 0.1) is 5.69 Å². The lowest BCUT2D eigenvalue weighted by Gasteiger charge is -2.36. The second-order valence-corrected chi connectivity index (χ2v) is 9.68. The Morgan fingerprint density at radius 1 is 1.14 bits per heavy atom. The number of anilines is 2. The van der Waals surface area contributed by atoms with E-state index >= 15 is 0 Å². The van der Waals surface area contributed by atoms with Gasteiger partial charge in [0.1, 0.15) is 4.33 Å². The van der Waals surface area contributed by atoms with Crippen molar-refractivity contribution in [3.63, 3.8) is 0 Å². The molecular formula is C20H22Cl2N4OS. The van der Waals surface area contributed by atoms with Crippen molar-refractivity contribution in [2.45, 2.75) is 15.6 Å². The van der Waals surface area contributed by atoms with Gasteiger partial charge in [0.25, 0.3) is 0 Å². The van der Waals surface area contributed by atoms with E-state index in [-0.39, 0.29) is 6.03 Å². The summed E-state index contributed by atoms with van der Waals surface area (Å²) in [5.74, 6) is 1.16. The summed E-state index contributed by atoms with van der Waals surface area (Å²) in [6.07, 6.45) is 4.42. The molecule has 1 unspecified atom stereocenters. The largest absolute Gasteiger partial charge is 0.368 e. The molecule has 4 rings (SSSR count). The molecular weight excluding hydrogens is 415 g/mol. The zero-order valence-corrected chi connectivity index (χ0v) is 17.7. The third-order valence-electron chi connectivity index (χ3n) is 5.12. The molecule has 8 heteroatoms. The summed E-state index contributed by atoms with van der Waals surface area (Å²) in [7, 11) is 0. The van der Waals surface area contributed by atoms with Gasteiger partial charge < -0.3 is 15.1 Å². The van der Waals surface area contributed by atoms with Crippen LogP contribution in [-0.4, -0.2) is 52.2 Å². The molecule has 1 N–H and O–H groups in total. The van der Waals surface area contributed by atoms with Crippen molar-refractivity contribution in [3.05, 3.63) is 48.8 Å². The Morgan fingerprint density at radius 3 is 2.50 bits per heavy atom. The minimum Gasteiger partial charge on any atom is -0.368 e. The van der Waals surface area contributed by atoms with Crippen LogP contribution < -0.4 is 10.2 Å². The molecule has 1 aliphatic carbocycles. The number of piperazine rings is 1. The van der Waals surface area contributed by atoms with Crippen LogP contribution in [0.5, 0.6) is 0 Å². The lowest BCUT2D eigenvalue weighted by atomic mass is 10.2. The van der Waals surface area contributed by atoms with Crippen molar-refractivity contribution >= 4 is 52.4 Å². The number of aromatic nitrogens is 1. The number of para-hydroxylation sites is 1. The highest BCUT2D eigenvalue weighted by molar-refractivity contribution is 7.99. The highest BCUT2D eigenvalue weighted by atomic mass is 35.5. The fourth-order valence-corrected chi connectivity index (χ4v) is 5.20. The van der Waals surface area contributed by atoms with Crippen molar-refractivity contribution in [3.8, 4) is 0 Å². The van der Waals surface area contributed by atoms with Gasteiger partial charge in [0.15, 0.2) is 0 Å². The van der Waals surface area contributed by atoms with Crippen LogP contribution in [0.25, 0.3) is 0 Å². The van der Waals surface area contributed by atoms with E-state index in [9.17, 15) is 4.79 Å². The lowest BCUT2D eigenvalue weighted by Crippen LogP contribution is -2.50. The van der Waals surface area contributed by atoms with Crippen LogP contribution >= 0.6 is 35.0 Å². The third kappa shape index (κ3) is 4.67. The van der Waals surface area contributed by atoms with Gasteiger partial charge in [-0.2, -0.15) is 0 Å². The summed E-state index contributed by atoms with van der Waals surface area (Å²) in [5.41, 5.74) is 1.98. The Hall–Kier alpha value is -1.63. The predicted molar refractivity (Wildman–Crippen MR) is 117 cm³/mol. The number of hydrogen-bond acceptors (Lipinski definition) is 4. The average Bonchev–Trinajstić information content (AvgIpc) is 3.34. The molecule has 0 radical (unpaired) electrons. The molecule has 2 heterocycles. The number of urea groups is 1. The fraction of sp³-hybridized carbons (Fsp3) is 0.400. The summed E-state index contributed by atoms with van der Waals surface area (Å²) in [5, 5.41) is 3.07. The zero-order valence-electron chi connectivity index (χ0n) is 15.4. The number of benzene rings is 1. The summed E-state index contributed by atoms with van der Waals surface area (Å²) < 4.78 is -0.570. The Labute approximate surface area is 179 Å². The molecule has 1 aromatic heterocycles. The topological polar surface area (TPSA) is 48.5 Å². The number of nitrogens with one attached hydrogen (secondary N) is 1. The van der Waals surface area contributed by atoms with Gasteiger partial charge in [-0.1, -0.05) is 12.1 Å². The average molecular weight is 437 g/mol. The Morgan fingerprint density at radius 2 is 1.82 bits per heavy atom. The van der Waals surface area contributed by atoms with Crippen molar-refractivity contribution in [2.24, 2.45) is 5.92 Å². The van der Waals surface area contributed by atoms with Gasteiger partial charge in [-0.25, -0.2) is 4.79 Å². The number of thioether (sulfide) groups is 1. The maximum absolute atomic E-state index is 12.8. The molecule has 1 aromatic carbocycles. The molecule has 2 fully saturated rings. The Bertz CT molecular complexity index is 828. The first-order chi connectivity index (χ1) is 13.5. The van der Waals surface area contributed by atoms with E-state index in [1.165, 1.54) is 0 Å². The maximum atomic E-state index is 12.8. The number of carbonyl (C=O) groups is 1. The van der Waals surface area contributed by atoms with E-state index in [2.05, 4.69) is 15.2 Å². The Balaban J connectivity index is 1.32. The molecule has 0 spiro atoms. The SMILES string of the molecule is O=C(Nc1ccccc1SCC1CC1(Cl)Cl)N1CCN(c2ccncc2)CC1. The summed E-state index contributed by atoms with van der Waals surface area (Å²) in [4.78, 5) is 22.0. The number of halogens is 2. The molecule has 2 amide bonds.